The lowest BCUT2D eigenvalue weighted by Crippen LogP contribution is -2.14. The number of nitrogens with one attached hydrogen (secondary N) is 1. The van der Waals surface area contributed by atoms with Gasteiger partial charge in [0.15, 0.2) is 0 Å². The summed E-state index contributed by atoms with van der Waals surface area (Å²) in [4.78, 5) is 0. The van der Waals surface area contributed by atoms with Gasteiger partial charge in [0.25, 0.3) is 0 Å². The molecule has 1 aromatic rings. The van der Waals surface area contributed by atoms with Gasteiger partial charge in [0.05, 0.1) is 4.47 Å². The van der Waals surface area contributed by atoms with Gasteiger partial charge < -0.3 is 5.32 Å². The molecule has 13 heavy (non-hydrogen) atoms. The van der Waals surface area contributed by atoms with Crippen molar-refractivity contribution in [2.75, 3.05) is 6.54 Å². The van der Waals surface area contributed by atoms with Crippen molar-refractivity contribution < 1.29 is 4.39 Å². The molecule has 1 N–H and O–H groups in total. The fourth-order valence-electron chi connectivity index (χ4n) is 1.08. The van der Waals surface area contributed by atoms with Crippen molar-refractivity contribution in [3.63, 3.8) is 0 Å². The molecule has 1 aromatic carbocycles. The molecule has 0 fully saturated rings. The Morgan fingerprint density at radius 1 is 1.46 bits per heavy atom. The second kappa shape index (κ2) is 5.35. The highest BCUT2D eigenvalue weighted by molar-refractivity contribution is 9.10. The van der Waals surface area contributed by atoms with Gasteiger partial charge in [-0.1, -0.05) is 19.1 Å². The van der Waals surface area contributed by atoms with Gasteiger partial charge >= 0.3 is 0 Å². The van der Waals surface area contributed by atoms with Crippen molar-refractivity contribution in [2.45, 2.75) is 19.9 Å². The largest absolute Gasteiger partial charge is 0.313 e. The number of rotatable bonds is 4. The Morgan fingerprint density at radius 3 is 2.92 bits per heavy atom. The van der Waals surface area contributed by atoms with Crippen LogP contribution < -0.4 is 5.32 Å². The standard InChI is InChI=1S/C10H13BrFN/c1-2-6-13-7-8-4-3-5-9(12)10(8)11/h3-5,13H,2,6-7H2,1H3. The van der Waals surface area contributed by atoms with Gasteiger partial charge in [-0.3, -0.25) is 0 Å². The van der Waals surface area contributed by atoms with Crippen molar-refractivity contribution in [3.8, 4) is 0 Å². The first-order valence-corrected chi connectivity index (χ1v) is 5.18. The Balaban J connectivity index is 2.61. The van der Waals surface area contributed by atoms with Crippen molar-refractivity contribution in [3.05, 3.63) is 34.1 Å². The smallest absolute Gasteiger partial charge is 0.137 e. The zero-order valence-electron chi connectivity index (χ0n) is 7.61. The summed E-state index contributed by atoms with van der Waals surface area (Å²) in [5, 5.41) is 3.22. The van der Waals surface area contributed by atoms with E-state index < -0.39 is 0 Å². The predicted octanol–water partition coefficient (Wildman–Crippen LogP) is 3.09. The third-order valence-electron chi connectivity index (χ3n) is 1.77. The van der Waals surface area contributed by atoms with Crippen LogP contribution in [0.15, 0.2) is 22.7 Å². The normalized spacial score (nSPS) is 10.4. The second-order valence-electron chi connectivity index (χ2n) is 2.89. The van der Waals surface area contributed by atoms with Crippen LogP contribution in [0.2, 0.25) is 0 Å². The first kappa shape index (κ1) is 10.7. The zero-order chi connectivity index (χ0) is 9.68. The van der Waals surface area contributed by atoms with Crippen LogP contribution >= 0.6 is 15.9 Å². The quantitative estimate of drug-likeness (QED) is 0.805. The van der Waals surface area contributed by atoms with Gasteiger partial charge in [-0.2, -0.15) is 0 Å². The Bertz CT molecular complexity index is 276. The number of hydrogen-bond acceptors (Lipinski definition) is 1. The number of benzene rings is 1. The van der Waals surface area contributed by atoms with Gasteiger partial charge in [0, 0.05) is 6.54 Å². The van der Waals surface area contributed by atoms with E-state index in [2.05, 4.69) is 28.2 Å². The molecule has 3 heteroatoms. The van der Waals surface area contributed by atoms with E-state index in [9.17, 15) is 4.39 Å². The Hall–Kier alpha value is -0.410. The topological polar surface area (TPSA) is 12.0 Å². The van der Waals surface area contributed by atoms with E-state index in [0.29, 0.717) is 11.0 Å². The van der Waals surface area contributed by atoms with Crippen molar-refractivity contribution in [1.29, 1.82) is 0 Å². The predicted molar refractivity (Wildman–Crippen MR) is 56.1 cm³/mol. The lowest BCUT2D eigenvalue weighted by Gasteiger charge is -2.05. The molecule has 1 nitrogen and oxygen atoms in total. The van der Waals surface area contributed by atoms with Crippen LogP contribution in [-0.2, 0) is 6.54 Å². The molecule has 0 saturated carbocycles. The molecular formula is C10H13BrFN. The summed E-state index contributed by atoms with van der Waals surface area (Å²) in [6, 6.07) is 5.09. The molecule has 0 unspecified atom stereocenters. The molecule has 0 aliphatic heterocycles. The van der Waals surface area contributed by atoms with Gasteiger partial charge in [0.2, 0.25) is 0 Å². The van der Waals surface area contributed by atoms with E-state index in [-0.39, 0.29) is 5.82 Å². The summed E-state index contributed by atoms with van der Waals surface area (Å²) < 4.78 is 13.6. The van der Waals surface area contributed by atoms with E-state index in [0.717, 1.165) is 18.5 Å². The monoisotopic (exact) mass is 245 g/mol. The second-order valence-corrected chi connectivity index (χ2v) is 3.68. The van der Waals surface area contributed by atoms with E-state index in [1.807, 2.05) is 6.07 Å². The minimum atomic E-state index is -0.198. The average molecular weight is 246 g/mol. The molecule has 0 aliphatic rings. The highest BCUT2D eigenvalue weighted by Crippen LogP contribution is 2.19. The van der Waals surface area contributed by atoms with Crippen LogP contribution in [0, 0.1) is 5.82 Å². The third-order valence-corrected chi connectivity index (χ3v) is 2.66. The molecule has 0 bridgehead atoms. The minimum Gasteiger partial charge on any atom is -0.313 e. The molecule has 0 saturated heterocycles. The van der Waals surface area contributed by atoms with Gasteiger partial charge in [-0.25, -0.2) is 4.39 Å². The average Bonchev–Trinajstić information content (AvgIpc) is 2.13. The van der Waals surface area contributed by atoms with E-state index in [1.54, 1.807) is 6.07 Å². The minimum absolute atomic E-state index is 0.198. The fraction of sp³-hybridized carbons (Fsp3) is 0.400. The van der Waals surface area contributed by atoms with Crippen molar-refractivity contribution in [1.82, 2.24) is 5.32 Å². The zero-order valence-corrected chi connectivity index (χ0v) is 9.20. The lowest BCUT2D eigenvalue weighted by atomic mass is 10.2. The van der Waals surface area contributed by atoms with E-state index in [1.165, 1.54) is 6.07 Å². The summed E-state index contributed by atoms with van der Waals surface area (Å²) in [7, 11) is 0. The van der Waals surface area contributed by atoms with Crippen LogP contribution in [-0.4, -0.2) is 6.54 Å². The molecule has 0 aromatic heterocycles. The highest BCUT2D eigenvalue weighted by atomic mass is 79.9. The van der Waals surface area contributed by atoms with Crippen molar-refractivity contribution in [2.24, 2.45) is 0 Å². The molecule has 72 valence electrons. The first-order chi connectivity index (χ1) is 6.25. The summed E-state index contributed by atoms with van der Waals surface area (Å²) >= 11 is 3.22. The van der Waals surface area contributed by atoms with Crippen LogP contribution in [0.4, 0.5) is 4.39 Å². The number of halogens is 2. The Labute approximate surface area is 86.5 Å². The van der Waals surface area contributed by atoms with Gasteiger partial charge in [-0.05, 0) is 40.5 Å². The lowest BCUT2D eigenvalue weighted by molar-refractivity contribution is 0.611. The third kappa shape index (κ3) is 3.08. The Kier molecular flexibility index (Phi) is 4.39. The molecule has 0 aliphatic carbocycles. The maximum atomic E-state index is 13.0. The summed E-state index contributed by atoms with van der Waals surface area (Å²) in [5.74, 6) is -0.198. The highest BCUT2D eigenvalue weighted by Gasteiger charge is 2.03. The van der Waals surface area contributed by atoms with Gasteiger partial charge in [0.1, 0.15) is 5.82 Å². The first-order valence-electron chi connectivity index (χ1n) is 4.39. The van der Waals surface area contributed by atoms with Crippen LogP contribution in [0.5, 0.6) is 0 Å². The molecule has 1 rings (SSSR count). The molecule has 0 atom stereocenters. The summed E-state index contributed by atoms with van der Waals surface area (Å²) in [6.45, 7) is 3.78. The molecular weight excluding hydrogens is 233 g/mol. The summed E-state index contributed by atoms with van der Waals surface area (Å²) in [5.41, 5.74) is 0.966. The fourth-order valence-corrected chi connectivity index (χ4v) is 1.49. The molecule has 0 radical (unpaired) electrons. The molecule has 0 heterocycles. The molecule has 0 spiro atoms. The maximum absolute atomic E-state index is 13.0. The molecule has 0 amide bonds. The van der Waals surface area contributed by atoms with E-state index >= 15 is 0 Å². The van der Waals surface area contributed by atoms with Crippen molar-refractivity contribution >= 4 is 15.9 Å². The summed E-state index contributed by atoms with van der Waals surface area (Å²) in [6.07, 6.45) is 1.09. The maximum Gasteiger partial charge on any atom is 0.137 e. The SMILES string of the molecule is CCCNCc1cccc(F)c1Br. The number of hydrogen-bond donors (Lipinski definition) is 1. The van der Waals surface area contributed by atoms with E-state index in [4.69, 9.17) is 0 Å². The Morgan fingerprint density at radius 2 is 2.23 bits per heavy atom. The van der Waals surface area contributed by atoms with Crippen LogP contribution in [0.25, 0.3) is 0 Å². The van der Waals surface area contributed by atoms with Crippen LogP contribution in [0.1, 0.15) is 18.9 Å². The van der Waals surface area contributed by atoms with Gasteiger partial charge in [-0.15, -0.1) is 0 Å². The van der Waals surface area contributed by atoms with Crippen LogP contribution in [0.3, 0.4) is 0 Å².